The molecule has 0 aliphatic rings. The van der Waals surface area contributed by atoms with E-state index in [0.29, 0.717) is 39.5 Å². The van der Waals surface area contributed by atoms with Gasteiger partial charge in [-0.1, -0.05) is 30.3 Å². The molecule has 38 heavy (non-hydrogen) atoms. The average molecular weight is 627 g/mol. The molecule has 2 amide bonds. The van der Waals surface area contributed by atoms with Crippen molar-refractivity contribution in [2.45, 2.75) is 19.8 Å². The number of nitrogens with zero attached hydrogens (tertiary/aromatic N) is 1. The molecule has 0 spiro atoms. The minimum absolute atomic E-state index is 0.0321. The minimum Gasteiger partial charge on any atom is -0.490 e. The lowest BCUT2D eigenvalue weighted by Gasteiger charge is -2.15. The lowest BCUT2D eigenvalue weighted by atomic mass is 10.1. The van der Waals surface area contributed by atoms with Crippen LogP contribution in [0.1, 0.15) is 24.5 Å². The monoisotopic (exact) mass is 627 g/mol. The first-order chi connectivity index (χ1) is 18.4. The molecule has 3 aromatic rings. The maximum Gasteiger partial charge on any atom is 0.262 e. The SMILES string of the molecule is CCOc1cc(/C=C(/C#N)C(=O)NCCCc2ccccc2)cc(I)c1OCC(=O)Nc1ccc(F)cc1. The number of hydrogen-bond donors (Lipinski definition) is 2. The molecule has 9 heteroatoms. The molecule has 0 saturated carbocycles. The van der Waals surface area contributed by atoms with Gasteiger partial charge >= 0.3 is 0 Å². The molecule has 0 bridgehead atoms. The molecule has 2 N–H and O–H groups in total. The van der Waals surface area contributed by atoms with Gasteiger partial charge in [0, 0.05) is 12.2 Å². The highest BCUT2D eigenvalue weighted by Gasteiger charge is 2.16. The molecule has 0 radical (unpaired) electrons. The van der Waals surface area contributed by atoms with E-state index < -0.39 is 17.6 Å². The van der Waals surface area contributed by atoms with Crippen LogP contribution in [0.15, 0.2) is 72.3 Å². The van der Waals surface area contributed by atoms with Gasteiger partial charge in [0.05, 0.1) is 10.2 Å². The van der Waals surface area contributed by atoms with Crippen LogP contribution in [0.5, 0.6) is 11.5 Å². The summed E-state index contributed by atoms with van der Waals surface area (Å²) in [6.07, 6.45) is 3.07. The highest BCUT2D eigenvalue weighted by Crippen LogP contribution is 2.35. The van der Waals surface area contributed by atoms with E-state index >= 15 is 0 Å². The van der Waals surface area contributed by atoms with Crippen LogP contribution in [-0.2, 0) is 16.0 Å². The molecule has 0 aliphatic heterocycles. The second-order valence-corrected chi connectivity index (χ2v) is 9.28. The number of carbonyl (C=O) groups excluding carboxylic acids is 2. The van der Waals surface area contributed by atoms with E-state index in [0.717, 1.165) is 12.8 Å². The first kappa shape index (κ1) is 28.7. The Balaban J connectivity index is 1.64. The average Bonchev–Trinajstić information content (AvgIpc) is 2.91. The molecule has 0 aliphatic carbocycles. The van der Waals surface area contributed by atoms with E-state index in [9.17, 15) is 19.2 Å². The van der Waals surface area contributed by atoms with Gasteiger partial charge in [-0.25, -0.2) is 4.39 Å². The fourth-order valence-corrected chi connectivity index (χ4v) is 4.27. The summed E-state index contributed by atoms with van der Waals surface area (Å²) in [5.74, 6) is -0.534. The van der Waals surface area contributed by atoms with Crippen molar-refractivity contribution in [3.8, 4) is 17.6 Å². The van der Waals surface area contributed by atoms with E-state index in [2.05, 4.69) is 10.6 Å². The van der Waals surface area contributed by atoms with Gasteiger partial charge in [-0.2, -0.15) is 5.26 Å². The Kier molecular flexibility index (Phi) is 11.1. The van der Waals surface area contributed by atoms with Gasteiger partial charge in [-0.3, -0.25) is 9.59 Å². The highest BCUT2D eigenvalue weighted by molar-refractivity contribution is 14.1. The zero-order valence-electron chi connectivity index (χ0n) is 20.8. The second-order valence-electron chi connectivity index (χ2n) is 8.12. The molecule has 3 rings (SSSR count). The highest BCUT2D eigenvalue weighted by atomic mass is 127. The first-order valence-electron chi connectivity index (χ1n) is 12.0. The molecule has 0 aromatic heterocycles. The smallest absolute Gasteiger partial charge is 0.262 e. The fourth-order valence-electron chi connectivity index (χ4n) is 3.49. The molecule has 7 nitrogen and oxygen atoms in total. The summed E-state index contributed by atoms with van der Waals surface area (Å²) >= 11 is 2.04. The van der Waals surface area contributed by atoms with E-state index in [1.807, 2.05) is 65.9 Å². The third kappa shape index (κ3) is 8.88. The fraction of sp³-hybridized carbons (Fsp3) is 0.207. The number of carbonyl (C=O) groups is 2. The molecule has 0 unspecified atom stereocenters. The van der Waals surface area contributed by atoms with Crippen LogP contribution in [0.25, 0.3) is 6.08 Å². The van der Waals surface area contributed by atoms with Crippen molar-refractivity contribution in [2.75, 3.05) is 25.1 Å². The van der Waals surface area contributed by atoms with Gasteiger partial charge in [0.2, 0.25) is 0 Å². The van der Waals surface area contributed by atoms with E-state index in [4.69, 9.17) is 9.47 Å². The summed E-state index contributed by atoms with van der Waals surface area (Å²) in [5, 5.41) is 15.0. The molecular weight excluding hydrogens is 600 g/mol. The number of benzene rings is 3. The number of rotatable bonds is 12. The standard InChI is InChI=1S/C29H27FIN3O4/c1-2-37-26-17-21(15-22(18-32)29(36)33-14-6-9-20-7-4-3-5-8-20)16-25(31)28(26)38-19-27(35)34-24-12-10-23(30)11-13-24/h3-5,7-8,10-13,15-17H,2,6,9,14,19H2,1H3,(H,33,36)(H,34,35)/b22-15-. The number of hydrogen-bond acceptors (Lipinski definition) is 5. The number of nitriles is 1. The van der Waals surface area contributed by atoms with Gasteiger partial charge in [-0.15, -0.1) is 0 Å². The van der Waals surface area contributed by atoms with Crippen LogP contribution in [-0.4, -0.2) is 31.6 Å². The van der Waals surface area contributed by atoms with Gasteiger partial charge in [0.25, 0.3) is 11.8 Å². The maximum atomic E-state index is 13.1. The van der Waals surface area contributed by atoms with Gasteiger partial charge in [0.15, 0.2) is 18.1 Å². The summed E-state index contributed by atoms with van der Waals surface area (Å²) in [5.41, 5.74) is 2.18. The topological polar surface area (TPSA) is 100 Å². The van der Waals surface area contributed by atoms with Crippen LogP contribution in [0.2, 0.25) is 0 Å². The van der Waals surface area contributed by atoms with Crippen molar-refractivity contribution in [3.05, 3.63) is 92.8 Å². The number of nitrogens with one attached hydrogen (secondary N) is 2. The Morgan fingerprint density at radius 3 is 2.50 bits per heavy atom. The lowest BCUT2D eigenvalue weighted by Crippen LogP contribution is -2.25. The van der Waals surface area contributed by atoms with Crippen LogP contribution in [0.3, 0.4) is 0 Å². The second kappa shape index (κ2) is 14.7. The van der Waals surface area contributed by atoms with Crippen LogP contribution >= 0.6 is 22.6 Å². The van der Waals surface area contributed by atoms with Crippen molar-refractivity contribution in [1.82, 2.24) is 5.32 Å². The molecule has 0 saturated heterocycles. The molecule has 196 valence electrons. The largest absolute Gasteiger partial charge is 0.490 e. The summed E-state index contributed by atoms with van der Waals surface area (Å²) < 4.78 is 25.1. The quantitative estimate of drug-likeness (QED) is 0.120. The number of aryl methyl sites for hydroxylation is 1. The van der Waals surface area contributed by atoms with Crippen molar-refractivity contribution in [2.24, 2.45) is 0 Å². The van der Waals surface area contributed by atoms with Crippen LogP contribution in [0, 0.1) is 20.7 Å². The normalized spacial score (nSPS) is 10.8. The number of ether oxygens (including phenoxy) is 2. The zero-order chi connectivity index (χ0) is 27.3. The van der Waals surface area contributed by atoms with Gasteiger partial charge in [-0.05, 0) is 96.0 Å². The van der Waals surface area contributed by atoms with Crippen molar-refractivity contribution < 1.29 is 23.5 Å². The lowest BCUT2D eigenvalue weighted by molar-refractivity contribution is -0.118. The van der Waals surface area contributed by atoms with Gasteiger partial charge < -0.3 is 20.1 Å². The van der Waals surface area contributed by atoms with E-state index in [-0.39, 0.29) is 12.2 Å². The van der Waals surface area contributed by atoms with Crippen molar-refractivity contribution in [3.63, 3.8) is 0 Å². The third-order valence-corrected chi connectivity index (χ3v) is 6.06. The third-order valence-electron chi connectivity index (χ3n) is 5.25. The minimum atomic E-state index is -0.452. The van der Waals surface area contributed by atoms with Crippen molar-refractivity contribution >= 4 is 46.2 Å². The maximum absolute atomic E-state index is 13.1. The summed E-state index contributed by atoms with van der Waals surface area (Å²) in [4.78, 5) is 24.9. The van der Waals surface area contributed by atoms with Crippen molar-refractivity contribution in [1.29, 1.82) is 5.26 Å². The zero-order valence-corrected chi connectivity index (χ0v) is 23.0. The number of halogens is 2. The summed E-state index contributed by atoms with van der Waals surface area (Å²) in [6, 6.07) is 20.7. The van der Waals surface area contributed by atoms with Crippen LogP contribution < -0.4 is 20.1 Å². The predicted molar refractivity (Wildman–Crippen MR) is 152 cm³/mol. The Labute approximate surface area is 234 Å². The molecule has 0 fully saturated rings. The van der Waals surface area contributed by atoms with E-state index in [1.165, 1.54) is 35.9 Å². The molecule has 0 atom stereocenters. The van der Waals surface area contributed by atoms with Gasteiger partial charge in [0.1, 0.15) is 17.5 Å². The number of anilines is 1. The summed E-state index contributed by atoms with van der Waals surface area (Å²) in [7, 11) is 0. The first-order valence-corrected chi connectivity index (χ1v) is 13.1. The Morgan fingerprint density at radius 1 is 1.08 bits per heavy atom. The number of amides is 2. The molecule has 3 aromatic carbocycles. The van der Waals surface area contributed by atoms with E-state index in [1.54, 1.807) is 12.1 Å². The Hall–Kier alpha value is -3.91. The predicted octanol–water partition coefficient (Wildman–Crippen LogP) is 5.50. The Morgan fingerprint density at radius 2 is 1.82 bits per heavy atom. The molecule has 0 heterocycles. The summed E-state index contributed by atoms with van der Waals surface area (Å²) in [6.45, 7) is 2.30. The molecular formula is C29H27FIN3O4. The Bertz CT molecular complexity index is 1320. The van der Waals surface area contributed by atoms with Crippen LogP contribution in [0.4, 0.5) is 10.1 Å².